The van der Waals surface area contributed by atoms with E-state index in [1.165, 1.54) is 20.4 Å². The molecule has 1 aromatic carbocycles. The summed E-state index contributed by atoms with van der Waals surface area (Å²) in [5.41, 5.74) is 1.23. The first-order valence-corrected chi connectivity index (χ1v) is 14.4. The largest absolute Gasteiger partial charge is 0.495 e. The van der Waals surface area contributed by atoms with Gasteiger partial charge in [-0.3, -0.25) is 9.59 Å². The zero-order valence-electron chi connectivity index (χ0n) is 24.1. The number of nitrogens with one attached hydrogen (secondary N) is 2. The molecular weight excluding hydrogens is 532 g/mol. The van der Waals surface area contributed by atoms with Gasteiger partial charge in [-0.2, -0.15) is 13.8 Å². The fourth-order valence-corrected chi connectivity index (χ4v) is 5.99. The van der Waals surface area contributed by atoms with Gasteiger partial charge in [-0.25, -0.2) is 4.98 Å². The summed E-state index contributed by atoms with van der Waals surface area (Å²) in [4.78, 5) is 39.4. The number of fused-ring (bicyclic) bond motifs is 1. The van der Waals surface area contributed by atoms with E-state index in [1.807, 2.05) is 0 Å². The molecule has 2 fully saturated rings. The number of hydrogen-bond acceptors (Lipinski definition) is 8. The number of hydrogen-bond donors (Lipinski definition) is 2. The molecule has 2 aliphatic heterocycles. The highest BCUT2D eigenvalue weighted by atomic mass is 19.3. The molecule has 5 rings (SSSR count). The van der Waals surface area contributed by atoms with E-state index in [0.717, 1.165) is 56.5 Å². The lowest BCUT2D eigenvalue weighted by atomic mass is 10.0. The smallest absolute Gasteiger partial charge is 0.342 e. The molecule has 0 atom stereocenters. The zero-order valence-corrected chi connectivity index (χ0v) is 24.1. The average Bonchev–Trinajstić information content (AvgIpc) is 3.48. The molecule has 0 spiro atoms. The molecule has 1 saturated carbocycles. The summed E-state index contributed by atoms with van der Waals surface area (Å²) < 4.78 is 35.3. The van der Waals surface area contributed by atoms with Crippen LogP contribution in [-0.4, -0.2) is 84.5 Å². The Morgan fingerprint density at radius 1 is 1.15 bits per heavy atom. The van der Waals surface area contributed by atoms with Crippen molar-refractivity contribution < 1.29 is 23.1 Å². The third kappa shape index (κ3) is 6.07. The fourth-order valence-electron chi connectivity index (χ4n) is 5.99. The van der Waals surface area contributed by atoms with Crippen LogP contribution in [0.25, 0.3) is 0 Å². The van der Waals surface area contributed by atoms with E-state index in [9.17, 15) is 18.4 Å². The number of halogens is 2. The summed E-state index contributed by atoms with van der Waals surface area (Å²) in [6, 6.07) is 5.55. The molecule has 41 heavy (non-hydrogen) atoms. The lowest BCUT2D eigenvalue weighted by Crippen LogP contribution is -2.48. The van der Waals surface area contributed by atoms with Crippen LogP contribution in [0.4, 0.5) is 31.9 Å². The first-order valence-electron chi connectivity index (χ1n) is 14.4. The number of likely N-dealkylation sites (tertiary alicyclic amines) is 1. The van der Waals surface area contributed by atoms with Crippen LogP contribution in [0.15, 0.2) is 24.4 Å². The molecule has 10 nitrogen and oxygen atoms in total. The number of aromatic nitrogens is 2. The van der Waals surface area contributed by atoms with Crippen LogP contribution in [0, 0.1) is 0 Å². The highest BCUT2D eigenvalue weighted by Gasteiger charge is 2.48. The summed E-state index contributed by atoms with van der Waals surface area (Å²) in [5, 5.41) is 6.25. The number of piperidine rings is 1. The number of anilines is 4. The van der Waals surface area contributed by atoms with Crippen molar-refractivity contribution in [2.24, 2.45) is 0 Å². The second-order valence-corrected chi connectivity index (χ2v) is 11.5. The predicted octanol–water partition coefficient (Wildman–Crippen LogP) is 4.19. The summed E-state index contributed by atoms with van der Waals surface area (Å²) >= 11 is 0. The predicted molar refractivity (Wildman–Crippen MR) is 153 cm³/mol. The topological polar surface area (TPSA) is 103 Å². The molecule has 12 heteroatoms. The molecule has 1 aliphatic carbocycles. The second kappa shape index (κ2) is 11.8. The van der Waals surface area contributed by atoms with Crippen molar-refractivity contribution in [1.29, 1.82) is 0 Å². The Morgan fingerprint density at radius 2 is 1.85 bits per heavy atom. The third-order valence-electron chi connectivity index (χ3n) is 8.44. The molecule has 1 aromatic heterocycles. The van der Waals surface area contributed by atoms with Crippen LogP contribution in [-0.2, 0) is 4.79 Å². The maximum absolute atomic E-state index is 14.9. The first-order chi connectivity index (χ1) is 19.6. The molecule has 1 saturated heterocycles. The quantitative estimate of drug-likeness (QED) is 0.510. The monoisotopic (exact) mass is 571 g/mol. The number of benzene rings is 1. The van der Waals surface area contributed by atoms with Crippen LogP contribution in [0.2, 0.25) is 0 Å². The van der Waals surface area contributed by atoms with Gasteiger partial charge < -0.3 is 30.1 Å². The number of ether oxygens (including phenoxy) is 1. The van der Waals surface area contributed by atoms with Gasteiger partial charge in [0.05, 0.1) is 25.5 Å². The zero-order chi connectivity index (χ0) is 29.3. The van der Waals surface area contributed by atoms with Gasteiger partial charge in [0.2, 0.25) is 5.95 Å². The summed E-state index contributed by atoms with van der Waals surface area (Å²) in [6.45, 7) is 5.54. The van der Waals surface area contributed by atoms with Crippen LogP contribution in [0.5, 0.6) is 5.75 Å². The van der Waals surface area contributed by atoms with Gasteiger partial charge in [-0.15, -0.1) is 0 Å². The van der Waals surface area contributed by atoms with Gasteiger partial charge in [0.25, 0.3) is 11.8 Å². The van der Waals surface area contributed by atoms with Gasteiger partial charge >= 0.3 is 5.92 Å². The van der Waals surface area contributed by atoms with Crippen LogP contribution < -0.4 is 25.2 Å². The van der Waals surface area contributed by atoms with E-state index in [0.29, 0.717) is 28.9 Å². The molecular formula is C29H39F2N7O3. The van der Waals surface area contributed by atoms with E-state index in [4.69, 9.17) is 4.74 Å². The van der Waals surface area contributed by atoms with Gasteiger partial charge in [-0.05, 0) is 57.7 Å². The van der Waals surface area contributed by atoms with Gasteiger partial charge in [-0.1, -0.05) is 12.8 Å². The number of carbonyl (C=O) groups excluding carboxylic acids is 2. The first kappa shape index (κ1) is 29.0. The summed E-state index contributed by atoms with van der Waals surface area (Å²) in [6.07, 6.45) is 6.60. The van der Waals surface area contributed by atoms with Crippen molar-refractivity contribution in [2.45, 2.75) is 76.4 Å². The minimum atomic E-state index is -3.54. The minimum Gasteiger partial charge on any atom is -0.495 e. The number of methoxy groups -OCH3 is 1. The molecule has 0 unspecified atom stereocenters. The number of alkyl halides is 2. The van der Waals surface area contributed by atoms with E-state index >= 15 is 0 Å². The number of nitrogens with zero attached hydrogens (tertiary/aromatic N) is 5. The van der Waals surface area contributed by atoms with Crippen molar-refractivity contribution in [2.75, 3.05) is 48.9 Å². The molecule has 222 valence electrons. The Hall–Kier alpha value is -3.54. The summed E-state index contributed by atoms with van der Waals surface area (Å²) in [7, 11) is 2.83. The van der Waals surface area contributed by atoms with Crippen molar-refractivity contribution in [3.63, 3.8) is 0 Å². The minimum absolute atomic E-state index is 0.120. The molecule has 2 amide bonds. The van der Waals surface area contributed by atoms with Crippen molar-refractivity contribution >= 4 is 35.0 Å². The molecule has 3 aliphatic rings. The van der Waals surface area contributed by atoms with Crippen LogP contribution in [0.1, 0.15) is 62.7 Å². The lowest BCUT2D eigenvalue weighted by Gasteiger charge is -2.34. The highest BCUT2D eigenvalue weighted by Crippen LogP contribution is 2.40. The molecule has 2 N–H and O–H groups in total. The number of carbonyl (C=O) groups is 2. The molecule has 2 aromatic rings. The Morgan fingerprint density at radius 3 is 2.51 bits per heavy atom. The van der Waals surface area contributed by atoms with Crippen LogP contribution in [0.3, 0.4) is 0 Å². The van der Waals surface area contributed by atoms with Crippen LogP contribution >= 0.6 is 0 Å². The third-order valence-corrected chi connectivity index (χ3v) is 8.44. The Kier molecular flexibility index (Phi) is 8.30. The number of rotatable bonds is 7. The van der Waals surface area contributed by atoms with Gasteiger partial charge in [0, 0.05) is 43.8 Å². The molecule has 0 bridgehead atoms. The van der Waals surface area contributed by atoms with E-state index in [1.54, 1.807) is 23.1 Å². The second-order valence-electron chi connectivity index (χ2n) is 11.5. The number of amides is 2. The average molecular weight is 572 g/mol. The highest BCUT2D eigenvalue weighted by molar-refractivity contribution is 6.02. The lowest BCUT2D eigenvalue weighted by molar-refractivity contribution is -0.140. The fraction of sp³-hybridized carbons (Fsp3) is 0.586. The van der Waals surface area contributed by atoms with Crippen molar-refractivity contribution in [3.05, 3.63) is 30.0 Å². The standard InChI is InChI=1S/C29H39F2N7O3/c1-18(2)37-13-11-20(12-14-37)33-26(39)19-9-10-22(24(15-19)41-4)34-28-32-16-23-25(35-28)38(21-7-5-6-8-21)17-29(30,31)27(40)36(23)3/h9-10,15-16,18,20-21H,5-8,11-14,17H2,1-4H3,(H,33,39)(H,32,34,35). The maximum Gasteiger partial charge on any atom is 0.342 e. The van der Waals surface area contributed by atoms with Gasteiger partial charge in [0.1, 0.15) is 11.4 Å². The SMILES string of the molecule is COc1cc(C(=O)NC2CCN(C(C)C)CC2)ccc1Nc1ncc2c(n1)N(C1CCCC1)CC(F)(F)C(=O)N2C. The Labute approximate surface area is 239 Å². The van der Waals surface area contributed by atoms with E-state index in [-0.39, 0.29) is 29.6 Å². The normalized spacial score (nSPS) is 20.2. The van der Waals surface area contributed by atoms with E-state index in [2.05, 4.69) is 39.3 Å². The summed E-state index contributed by atoms with van der Waals surface area (Å²) in [5.74, 6) is -4.11. The van der Waals surface area contributed by atoms with Crippen molar-refractivity contribution in [3.8, 4) is 5.75 Å². The van der Waals surface area contributed by atoms with Gasteiger partial charge in [0.15, 0.2) is 5.82 Å². The Balaban J connectivity index is 1.35. The van der Waals surface area contributed by atoms with E-state index < -0.39 is 18.4 Å². The maximum atomic E-state index is 14.9. The molecule has 0 radical (unpaired) electrons. The van der Waals surface area contributed by atoms with Crippen molar-refractivity contribution in [1.82, 2.24) is 20.2 Å². The Bertz CT molecular complexity index is 1280. The molecule has 3 heterocycles.